The van der Waals surface area contributed by atoms with E-state index in [0.717, 1.165) is 5.56 Å². The highest BCUT2D eigenvalue weighted by Crippen LogP contribution is 2.20. The third kappa shape index (κ3) is 3.65. The minimum absolute atomic E-state index is 0.0928. The molecule has 0 N–H and O–H groups in total. The molecule has 1 aromatic carbocycles. The summed E-state index contributed by atoms with van der Waals surface area (Å²) in [4.78, 5) is 20.3. The van der Waals surface area contributed by atoms with E-state index in [1.165, 1.54) is 6.07 Å². The quantitative estimate of drug-likeness (QED) is 0.860. The van der Waals surface area contributed by atoms with Crippen molar-refractivity contribution in [3.8, 4) is 0 Å². The van der Waals surface area contributed by atoms with Crippen LogP contribution < -0.4 is 0 Å². The zero-order chi connectivity index (χ0) is 16.2. The summed E-state index contributed by atoms with van der Waals surface area (Å²) in [5.74, 6) is -0.181. The Hall–Kier alpha value is -2.05. The number of halogens is 1. The highest BCUT2D eigenvalue weighted by molar-refractivity contribution is 5.82. The van der Waals surface area contributed by atoms with Gasteiger partial charge < -0.3 is 9.64 Å². The lowest BCUT2D eigenvalue weighted by Crippen LogP contribution is -2.44. The summed E-state index contributed by atoms with van der Waals surface area (Å²) in [6.07, 6.45) is 1.66. The van der Waals surface area contributed by atoms with Crippen molar-refractivity contribution < 1.29 is 13.9 Å². The SMILES string of the molecule is CN(CC(=O)N1CCOCC1)Cc1ccc(F)c2cccnc12. The van der Waals surface area contributed by atoms with Gasteiger partial charge in [-0.05, 0) is 30.8 Å². The molecule has 1 aromatic heterocycles. The molecule has 6 heteroatoms. The summed E-state index contributed by atoms with van der Waals surface area (Å²) in [6, 6.07) is 6.64. The van der Waals surface area contributed by atoms with Crippen LogP contribution in [0.25, 0.3) is 10.9 Å². The lowest BCUT2D eigenvalue weighted by Gasteiger charge is -2.28. The van der Waals surface area contributed by atoms with Crippen LogP contribution in [0.4, 0.5) is 4.39 Å². The number of hydrogen-bond donors (Lipinski definition) is 0. The number of aromatic nitrogens is 1. The van der Waals surface area contributed by atoms with Crippen LogP contribution >= 0.6 is 0 Å². The van der Waals surface area contributed by atoms with Gasteiger partial charge >= 0.3 is 0 Å². The van der Waals surface area contributed by atoms with Crippen molar-refractivity contribution in [1.82, 2.24) is 14.8 Å². The Bertz CT molecular complexity index is 701. The Kier molecular flexibility index (Phi) is 4.83. The van der Waals surface area contributed by atoms with Gasteiger partial charge in [-0.2, -0.15) is 0 Å². The van der Waals surface area contributed by atoms with E-state index in [4.69, 9.17) is 4.74 Å². The van der Waals surface area contributed by atoms with Gasteiger partial charge in [-0.25, -0.2) is 4.39 Å². The van der Waals surface area contributed by atoms with E-state index in [2.05, 4.69) is 4.98 Å². The Balaban J connectivity index is 1.69. The molecule has 0 bridgehead atoms. The summed E-state index contributed by atoms with van der Waals surface area (Å²) in [5.41, 5.74) is 1.57. The summed E-state index contributed by atoms with van der Waals surface area (Å²) in [7, 11) is 1.89. The molecule has 1 saturated heterocycles. The molecule has 1 aliphatic rings. The number of benzene rings is 1. The van der Waals surface area contributed by atoms with E-state index in [1.807, 2.05) is 16.8 Å². The van der Waals surface area contributed by atoms with Crippen LogP contribution in [0, 0.1) is 5.82 Å². The molecule has 2 heterocycles. The van der Waals surface area contributed by atoms with Crippen molar-refractivity contribution in [1.29, 1.82) is 0 Å². The van der Waals surface area contributed by atoms with E-state index in [-0.39, 0.29) is 11.7 Å². The Morgan fingerprint density at radius 1 is 1.35 bits per heavy atom. The number of nitrogens with zero attached hydrogens (tertiary/aromatic N) is 3. The highest BCUT2D eigenvalue weighted by atomic mass is 19.1. The van der Waals surface area contributed by atoms with Gasteiger partial charge in [0.05, 0.1) is 25.3 Å². The molecule has 0 unspecified atom stereocenters. The molecule has 0 saturated carbocycles. The normalized spacial score (nSPS) is 15.3. The standard InChI is InChI=1S/C17H20FN3O2/c1-20(12-16(22)21-7-9-23-10-8-21)11-13-4-5-15(18)14-3-2-6-19-17(13)14/h2-6H,7-12H2,1H3. The predicted molar refractivity (Wildman–Crippen MR) is 85.4 cm³/mol. The predicted octanol–water partition coefficient (Wildman–Crippen LogP) is 1.66. The molecule has 0 spiro atoms. The van der Waals surface area contributed by atoms with Gasteiger partial charge in [0, 0.05) is 31.2 Å². The number of carbonyl (C=O) groups excluding carboxylic acids is 1. The van der Waals surface area contributed by atoms with Crippen molar-refractivity contribution in [3.05, 3.63) is 41.8 Å². The van der Waals surface area contributed by atoms with E-state index in [0.29, 0.717) is 50.3 Å². The molecule has 1 aliphatic heterocycles. The first-order valence-corrected chi connectivity index (χ1v) is 7.71. The molecule has 23 heavy (non-hydrogen) atoms. The monoisotopic (exact) mass is 317 g/mol. The molecule has 3 rings (SSSR count). The fourth-order valence-electron chi connectivity index (χ4n) is 2.81. The maximum absolute atomic E-state index is 13.8. The minimum Gasteiger partial charge on any atom is -0.378 e. The topological polar surface area (TPSA) is 45.7 Å². The first kappa shape index (κ1) is 15.8. The maximum atomic E-state index is 13.8. The molecule has 0 aliphatic carbocycles. The number of morpholine rings is 1. The van der Waals surface area contributed by atoms with Gasteiger partial charge in [0.2, 0.25) is 5.91 Å². The molecule has 1 fully saturated rings. The summed E-state index contributed by atoms with van der Waals surface area (Å²) in [6.45, 7) is 3.36. The molecule has 0 radical (unpaired) electrons. The molecule has 2 aromatic rings. The van der Waals surface area contributed by atoms with Crippen molar-refractivity contribution in [2.45, 2.75) is 6.54 Å². The number of ether oxygens (including phenoxy) is 1. The molecule has 0 atom stereocenters. The minimum atomic E-state index is -0.274. The summed E-state index contributed by atoms with van der Waals surface area (Å²) in [5, 5.41) is 0.512. The Labute approximate surface area is 134 Å². The van der Waals surface area contributed by atoms with Crippen LogP contribution in [0.5, 0.6) is 0 Å². The van der Waals surface area contributed by atoms with Gasteiger partial charge in [-0.15, -0.1) is 0 Å². The lowest BCUT2D eigenvalue weighted by atomic mass is 10.1. The average Bonchev–Trinajstić information content (AvgIpc) is 2.58. The molecule has 5 nitrogen and oxygen atoms in total. The number of likely N-dealkylation sites (N-methyl/N-ethyl adjacent to an activating group) is 1. The third-order valence-electron chi connectivity index (χ3n) is 4.01. The first-order valence-electron chi connectivity index (χ1n) is 7.71. The lowest BCUT2D eigenvalue weighted by molar-refractivity contribution is -0.136. The number of carbonyl (C=O) groups is 1. The van der Waals surface area contributed by atoms with Gasteiger partial charge in [-0.1, -0.05) is 6.07 Å². The zero-order valence-corrected chi connectivity index (χ0v) is 13.2. The summed E-state index contributed by atoms with van der Waals surface area (Å²) < 4.78 is 19.1. The fraction of sp³-hybridized carbons (Fsp3) is 0.412. The van der Waals surface area contributed by atoms with Crippen LogP contribution in [0.2, 0.25) is 0 Å². The van der Waals surface area contributed by atoms with Crippen LogP contribution in [-0.4, -0.2) is 60.6 Å². The van der Waals surface area contributed by atoms with Crippen molar-refractivity contribution in [3.63, 3.8) is 0 Å². The molecular weight excluding hydrogens is 297 g/mol. The van der Waals surface area contributed by atoms with Gasteiger partial charge in [-0.3, -0.25) is 14.7 Å². The number of hydrogen-bond acceptors (Lipinski definition) is 4. The van der Waals surface area contributed by atoms with Gasteiger partial charge in [0.25, 0.3) is 0 Å². The van der Waals surface area contributed by atoms with Crippen LogP contribution in [-0.2, 0) is 16.1 Å². The highest BCUT2D eigenvalue weighted by Gasteiger charge is 2.18. The van der Waals surface area contributed by atoms with Crippen LogP contribution in [0.3, 0.4) is 0 Å². The van der Waals surface area contributed by atoms with Crippen LogP contribution in [0.1, 0.15) is 5.56 Å². The Morgan fingerprint density at radius 2 is 2.13 bits per heavy atom. The smallest absolute Gasteiger partial charge is 0.236 e. The Morgan fingerprint density at radius 3 is 2.91 bits per heavy atom. The van der Waals surface area contributed by atoms with Crippen molar-refractivity contribution >= 4 is 16.8 Å². The van der Waals surface area contributed by atoms with E-state index < -0.39 is 0 Å². The van der Waals surface area contributed by atoms with Gasteiger partial charge in [0.1, 0.15) is 5.82 Å². The second-order valence-corrected chi connectivity index (χ2v) is 5.77. The third-order valence-corrected chi connectivity index (χ3v) is 4.01. The maximum Gasteiger partial charge on any atom is 0.236 e. The molecule has 122 valence electrons. The van der Waals surface area contributed by atoms with E-state index in [9.17, 15) is 9.18 Å². The second-order valence-electron chi connectivity index (χ2n) is 5.77. The van der Waals surface area contributed by atoms with Crippen molar-refractivity contribution in [2.24, 2.45) is 0 Å². The number of rotatable bonds is 4. The zero-order valence-electron chi connectivity index (χ0n) is 13.2. The van der Waals surface area contributed by atoms with Crippen LogP contribution in [0.15, 0.2) is 30.5 Å². The van der Waals surface area contributed by atoms with Gasteiger partial charge in [0.15, 0.2) is 0 Å². The largest absolute Gasteiger partial charge is 0.378 e. The summed E-state index contributed by atoms with van der Waals surface area (Å²) >= 11 is 0. The average molecular weight is 317 g/mol. The number of amides is 1. The fourth-order valence-corrected chi connectivity index (χ4v) is 2.81. The number of fused-ring (bicyclic) bond motifs is 1. The van der Waals surface area contributed by atoms with E-state index >= 15 is 0 Å². The first-order chi connectivity index (χ1) is 11.1. The molecular formula is C17H20FN3O2. The second kappa shape index (κ2) is 7.02. The molecule has 1 amide bonds. The van der Waals surface area contributed by atoms with E-state index in [1.54, 1.807) is 24.4 Å². The number of pyridine rings is 1. The van der Waals surface area contributed by atoms with Crippen molar-refractivity contribution in [2.75, 3.05) is 39.9 Å².